The molecule has 3 heteroatoms. The molecule has 1 aliphatic carbocycles. The average Bonchev–Trinajstić information content (AvgIpc) is 3.25. The van der Waals surface area contributed by atoms with Gasteiger partial charge in [-0.25, -0.2) is 0 Å². The van der Waals surface area contributed by atoms with Gasteiger partial charge in [0.2, 0.25) is 0 Å². The summed E-state index contributed by atoms with van der Waals surface area (Å²) in [5.41, 5.74) is 3.62. The monoisotopic (exact) mass is 278 g/mol. The Labute approximate surface area is 124 Å². The van der Waals surface area contributed by atoms with Crippen molar-refractivity contribution in [3.8, 4) is 0 Å². The van der Waals surface area contributed by atoms with Crippen LogP contribution in [0, 0.1) is 0 Å². The molecule has 0 spiro atoms. The van der Waals surface area contributed by atoms with Crippen LogP contribution in [0.1, 0.15) is 29.7 Å². The highest BCUT2D eigenvalue weighted by atomic mass is 16.3. The van der Waals surface area contributed by atoms with Gasteiger partial charge in [-0.15, -0.1) is 0 Å². The van der Waals surface area contributed by atoms with Crippen molar-refractivity contribution in [2.24, 2.45) is 0 Å². The SMILES string of the molecule is c1ccc2c(Cc3ccoc3CNC3CC3)ccnc2c1. The summed E-state index contributed by atoms with van der Waals surface area (Å²) in [6, 6.07) is 13.2. The minimum Gasteiger partial charge on any atom is -0.468 e. The lowest BCUT2D eigenvalue weighted by atomic mass is 10.0. The van der Waals surface area contributed by atoms with Crippen LogP contribution in [0.3, 0.4) is 0 Å². The van der Waals surface area contributed by atoms with Crippen molar-refractivity contribution in [3.63, 3.8) is 0 Å². The summed E-state index contributed by atoms with van der Waals surface area (Å²) >= 11 is 0. The highest BCUT2D eigenvalue weighted by Gasteiger charge is 2.21. The molecule has 2 aromatic heterocycles. The van der Waals surface area contributed by atoms with Crippen molar-refractivity contribution >= 4 is 10.9 Å². The van der Waals surface area contributed by atoms with Crippen LogP contribution >= 0.6 is 0 Å². The van der Waals surface area contributed by atoms with E-state index in [1.54, 1.807) is 6.26 Å². The second-order valence-corrected chi connectivity index (χ2v) is 5.69. The van der Waals surface area contributed by atoms with Crippen LogP contribution < -0.4 is 5.32 Å². The van der Waals surface area contributed by atoms with Gasteiger partial charge in [0.25, 0.3) is 0 Å². The highest BCUT2D eigenvalue weighted by Crippen LogP contribution is 2.23. The predicted molar refractivity (Wildman–Crippen MR) is 83.1 cm³/mol. The number of aromatic nitrogens is 1. The topological polar surface area (TPSA) is 38.1 Å². The van der Waals surface area contributed by atoms with Crippen molar-refractivity contribution in [2.45, 2.75) is 31.8 Å². The van der Waals surface area contributed by atoms with Crippen molar-refractivity contribution in [3.05, 3.63) is 65.7 Å². The fourth-order valence-corrected chi connectivity index (χ4v) is 2.72. The molecule has 0 radical (unpaired) electrons. The average molecular weight is 278 g/mol. The molecule has 1 aliphatic rings. The Morgan fingerprint density at radius 2 is 2.00 bits per heavy atom. The first kappa shape index (κ1) is 12.6. The van der Waals surface area contributed by atoms with Gasteiger partial charge in [0.05, 0.1) is 18.3 Å². The third-order valence-electron chi connectivity index (χ3n) is 4.09. The molecule has 3 aromatic rings. The van der Waals surface area contributed by atoms with Crippen LogP contribution in [0.15, 0.2) is 53.3 Å². The maximum absolute atomic E-state index is 5.65. The lowest BCUT2D eigenvalue weighted by Crippen LogP contribution is -2.15. The zero-order valence-corrected chi connectivity index (χ0v) is 11.9. The number of fused-ring (bicyclic) bond motifs is 1. The first-order valence-electron chi connectivity index (χ1n) is 7.51. The van der Waals surface area contributed by atoms with Crippen LogP contribution in [0.2, 0.25) is 0 Å². The van der Waals surface area contributed by atoms with Gasteiger partial charge in [-0.05, 0) is 42.2 Å². The van der Waals surface area contributed by atoms with Gasteiger partial charge in [0.15, 0.2) is 0 Å². The van der Waals surface area contributed by atoms with Gasteiger partial charge >= 0.3 is 0 Å². The predicted octanol–water partition coefficient (Wildman–Crippen LogP) is 3.67. The molecule has 106 valence electrons. The molecule has 2 heterocycles. The molecular formula is C18H18N2O. The number of nitrogens with zero attached hydrogens (tertiary/aromatic N) is 1. The molecule has 21 heavy (non-hydrogen) atoms. The first-order valence-corrected chi connectivity index (χ1v) is 7.51. The van der Waals surface area contributed by atoms with E-state index in [4.69, 9.17) is 4.42 Å². The zero-order valence-electron chi connectivity index (χ0n) is 11.9. The maximum atomic E-state index is 5.65. The Bertz CT molecular complexity index is 753. The minimum atomic E-state index is 0.699. The van der Waals surface area contributed by atoms with E-state index < -0.39 is 0 Å². The summed E-state index contributed by atoms with van der Waals surface area (Å²) in [4.78, 5) is 4.43. The third kappa shape index (κ3) is 2.69. The molecule has 0 bridgehead atoms. The van der Waals surface area contributed by atoms with E-state index in [1.165, 1.54) is 29.4 Å². The van der Waals surface area contributed by atoms with Crippen molar-refractivity contribution in [1.82, 2.24) is 10.3 Å². The fourth-order valence-electron chi connectivity index (χ4n) is 2.72. The lowest BCUT2D eigenvalue weighted by Gasteiger charge is -2.07. The van der Waals surface area contributed by atoms with E-state index in [2.05, 4.69) is 40.6 Å². The number of hydrogen-bond acceptors (Lipinski definition) is 3. The summed E-state index contributed by atoms with van der Waals surface area (Å²) in [5, 5.41) is 4.74. The van der Waals surface area contributed by atoms with Gasteiger partial charge in [0, 0.05) is 24.0 Å². The minimum absolute atomic E-state index is 0.699. The first-order chi connectivity index (χ1) is 10.4. The molecule has 1 fully saturated rings. The number of para-hydroxylation sites is 1. The van der Waals surface area contributed by atoms with Gasteiger partial charge in [-0.1, -0.05) is 18.2 Å². The third-order valence-corrected chi connectivity index (χ3v) is 4.09. The Hall–Kier alpha value is -2.13. The lowest BCUT2D eigenvalue weighted by molar-refractivity contribution is 0.478. The van der Waals surface area contributed by atoms with E-state index in [0.29, 0.717) is 6.04 Å². The second-order valence-electron chi connectivity index (χ2n) is 5.69. The van der Waals surface area contributed by atoms with Gasteiger partial charge in [-0.3, -0.25) is 4.98 Å². The molecule has 0 saturated heterocycles. The van der Waals surface area contributed by atoms with Crippen LogP contribution in [-0.4, -0.2) is 11.0 Å². The van der Waals surface area contributed by atoms with Crippen LogP contribution in [0.25, 0.3) is 10.9 Å². The Kier molecular flexibility index (Phi) is 3.20. The van der Waals surface area contributed by atoms with Crippen molar-refractivity contribution < 1.29 is 4.42 Å². The number of hydrogen-bond donors (Lipinski definition) is 1. The maximum Gasteiger partial charge on any atom is 0.121 e. The molecule has 4 rings (SSSR count). The van der Waals surface area contributed by atoms with Crippen LogP contribution in [0.4, 0.5) is 0 Å². The molecule has 1 saturated carbocycles. The van der Waals surface area contributed by atoms with Gasteiger partial charge in [-0.2, -0.15) is 0 Å². The van der Waals surface area contributed by atoms with Crippen LogP contribution in [0.5, 0.6) is 0 Å². The fraction of sp³-hybridized carbons (Fsp3) is 0.278. The summed E-state index contributed by atoms with van der Waals surface area (Å²) < 4.78 is 5.65. The molecule has 1 N–H and O–H groups in total. The number of benzene rings is 1. The molecule has 0 aliphatic heterocycles. The largest absolute Gasteiger partial charge is 0.468 e. The molecule has 3 nitrogen and oxygen atoms in total. The van der Waals surface area contributed by atoms with Gasteiger partial charge in [0.1, 0.15) is 5.76 Å². The van der Waals surface area contributed by atoms with Crippen molar-refractivity contribution in [2.75, 3.05) is 0 Å². The Morgan fingerprint density at radius 3 is 2.90 bits per heavy atom. The number of nitrogens with one attached hydrogen (secondary N) is 1. The normalized spacial score (nSPS) is 14.7. The van der Waals surface area contributed by atoms with E-state index in [1.807, 2.05) is 12.3 Å². The summed E-state index contributed by atoms with van der Waals surface area (Å²) in [5.74, 6) is 1.06. The quantitative estimate of drug-likeness (QED) is 0.774. The second kappa shape index (κ2) is 5.34. The smallest absolute Gasteiger partial charge is 0.121 e. The highest BCUT2D eigenvalue weighted by molar-refractivity contribution is 5.82. The summed E-state index contributed by atoms with van der Waals surface area (Å²) in [6.07, 6.45) is 7.17. The van der Waals surface area contributed by atoms with E-state index in [0.717, 1.165) is 24.2 Å². The van der Waals surface area contributed by atoms with E-state index in [-0.39, 0.29) is 0 Å². The Morgan fingerprint density at radius 1 is 1.10 bits per heavy atom. The number of rotatable bonds is 5. The van der Waals surface area contributed by atoms with Crippen molar-refractivity contribution in [1.29, 1.82) is 0 Å². The van der Waals surface area contributed by atoms with E-state index in [9.17, 15) is 0 Å². The summed E-state index contributed by atoms with van der Waals surface area (Å²) in [6.45, 7) is 0.829. The standard InChI is InChI=1S/C18H18N2O/c1-2-4-17-16(3-1)13(7-9-19-17)11-14-8-10-21-18(14)12-20-15-5-6-15/h1-4,7-10,15,20H,5-6,11-12H2. The Balaban J connectivity index is 1.61. The number of pyridine rings is 1. The number of furan rings is 1. The molecule has 1 aromatic carbocycles. The van der Waals surface area contributed by atoms with Gasteiger partial charge < -0.3 is 9.73 Å². The zero-order chi connectivity index (χ0) is 14.1. The molecule has 0 amide bonds. The molecule has 0 unspecified atom stereocenters. The molecular weight excluding hydrogens is 260 g/mol. The summed E-state index contributed by atoms with van der Waals surface area (Å²) in [7, 11) is 0. The molecule has 0 atom stereocenters. The van der Waals surface area contributed by atoms with E-state index >= 15 is 0 Å². The van der Waals surface area contributed by atoms with Crippen LogP contribution in [-0.2, 0) is 13.0 Å².